The Bertz CT molecular complexity index is 779. The molecule has 0 fully saturated rings. The van der Waals surface area contributed by atoms with Crippen LogP contribution in [0.4, 0.5) is 0 Å². The van der Waals surface area contributed by atoms with E-state index >= 15 is 0 Å². The first-order chi connectivity index (χ1) is 12.0. The molecule has 1 amide bonds. The van der Waals surface area contributed by atoms with Crippen LogP contribution < -0.4 is 10.2 Å². The summed E-state index contributed by atoms with van der Waals surface area (Å²) in [6.07, 6.45) is 2.35. The van der Waals surface area contributed by atoms with Crippen molar-refractivity contribution in [3.63, 3.8) is 0 Å². The van der Waals surface area contributed by atoms with Crippen molar-refractivity contribution in [2.75, 3.05) is 6.61 Å². The summed E-state index contributed by atoms with van der Waals surface area (Å²) in [5, 5.41) is 5.57. The van der Waals surface area contributed by atoms with Gasteiger partial charge in [-0.2, -0.15) is 5.10 Å². The van der Waals surface area contributed by atoms with Crippen molar-refractivity contribution in [3.8, 4) is 5.75 Å². The molecule has 0 aliphatic carbocycles. The fourth-order valence-electron chi connectivity index (χ4n) is 2.03. The monoisotopic (exact) mass is 398 g/mol. The van der Waals surface area contributed by atoms with E-state index in [0.717, 1.165) is 11.3 Å². The van der Waals surface area contributed by atoms with Gasteiger partial charge in [-0.05, 0) is 49.2 Å². The Hall–Kier alpha value is -1.75. The van der Waals surface area contributed by atoms with Crippen molar-refractivity contribution in [3.05, 3.63) is 62.6 Å². The largest absolute Gasteiger partial charge is 0.493 e. The average Bonchev–Trinajstić information content (AvgIpc) is 2.55. The van der Waals surface area contributed by atoms with E-state index in [2.05, 4.69) is 10.5 Å². The number of hydrogen-bond acceptors (Lipinski definition) is 3. The number of benzene rings is 2. The first-order valence-electron chi connectivity index (χ1n) is 7.61. The SMILES string of the molecule is Cc1cc(Cl)ccc1OCCCC(=O)N/N=C/c1ccc(Cl)cc1Cl. The third-order valence-electron chi connectivity index (χ3n) is 3.30. The molecule has 0 bridgehead atoms. The molecule has 4 nitrogen and oxygen atoms in total. The van der Waals surface area contributed by atoms with Crippen molar-refractivity contribution >= 4 is 46.9 Å². The maximum atomic E-state index is 11.7. The number of amides is 1. The molecule has 7 heteroatoms. The minimum Gasteiger partial charge on any atom is -0.493 e. The lowest BCUT2D eigenvalue weighted by Gasteiger charge is -2.08. The summed E-state index contributed by atoms with van der Waals surface area (Å²) < 4.78 is 5.64. The molecule has 0 unspecified atom stereocenters. The number of carbonyl (C=O) groups is 1. The summed E-state index contributed by atoms with van der Waals surface area (Å²) in [5.41, 5.74) is 4.09. The molecule has 0 aromatic heterocycles. The van der Waals surface area contributed by atoms with Crippen LogP contribution in [0.1, 0.15) is 24.0 Å². The van der Waals surface area contributed by atoms with Crippen LogP contribution in [-0.2, 0) is 4.79 Å². The molecular weight excluding hydrogens is 383 g/mol. The molecule has 0 heterocycles. The predicted octanol–water partition coefficient (Wildman–Crippen LogP) is 5.26. The van der Waals surface area contributed by atoms with Gasteiger partial charge in [0.2, 0.25) is 5.91 Å². The van der Waals surface area contributed by atoms with E-state index in [1.54, 1.807) is 24.3 Å². The van der Waals surface area contributed by atoms with Gasteiger partial charge in [0.1, 0.15) is 5.75 Å². The molecule has 2 aromatic rings. The van der Waals surface area contributed by atoms with E-state index in [9.17, 15) is 4.79 Å². The second kappa shape index (κ2) is 9.66. The van der Waals surface area contributed by atoms with Crippen LogP contribution in [0.15, 0.2) is 41.5 Å². The van der Waals surface area contributed by atoms with Gasteiger partial charge in [-0.3, -0.25) is 4.79 Å². The number of hydrazone groups is 1. The van der Waals surface area contributed by atoms with Gasteiger partial charge in [-0.15, -0.1) is 0 Å². The minimum absolute atomic E-state index is 0.197. The molecule has 0 aliphatic heterocycles. The van der Waals surface area contributed by atoms with E-state index < -0.39 is 0 Å². The van der Waals surface area contributed by atoms with Crippen molar-refractivity contribution in [1.29, 1.82) is 0 Å². The van der Waals surface area contributed by atoms with Gasteiger partial charge in [0.25, 0.3) is 0 Å². The second-order valence-electron chi connectivity index (χ2n) is 5.32. The van der Waals surface area contributed by atoms with E-state index in [4.69, 9.17) is 39.5 Å². The number of rotatable bonds is 7. The predicted molar refractivity (Wildman–Crippen MR) is 103 cm³/mol. The highest BCUT2D eigenvalue weighted by Gasteiger charge is 2.03. The van der Waals surface area contributed by atoms with E-state index in [1.807, 2.05) is 19.1 Å². The molecule has 0 atom stereocenters. The van der Waals surface area contributed by atoms with Crippen molar-refractivity contribution in [2.45, 2.75) is 19.8 Å². The highest BCUT2D eigenvalue weighted by molar-refractivity contribution is 6.36. The Balaban J connectivity index is 1.71. The van der Waals surface area contributed by atoms with Crippen LogP contribution in [-0.4, -0.2) is 18.7 Å². The highest BCUT2D eigenvalue weighted by atomic mass is 35.5. The summed E-state index contributed by atoms with van der Waals surface area (Å²) in [6.45, 7) is 2.35. The van der Waals surface area contributed by atoms with Crippen LogP contribution >= 0.6 is 34.8 Å². The molecule has 2 rings (SSSR count). The van der Waals surface area contributed by atoms with Crippen LogP contribution in [0, 0.1) is 6.92 Å². The summed E-state index contributed by atoms with van der Waals surface area (Å²) in [6, 6.07) is 10.5. The van der Waals surface area contributed by atoms with Gasteiger partial charge in [-0.1, -0.05) is 40.9 Å². The average molecular weight is 400 g/mol. The Morgan fingerprint density at radius 1 is 1.16 bits per heavy atom. The van der Waals surface area contributed by atoms with Gasteiger partial charge < -0.3 is 4.74 Å². The fraction of sp³-hybridized carbons (Fsp3) is 0.222. The Morgan fingerprint density at radius 2 is 1.88 bits per heavy atom. The third kappa shape index (κ3) is 6.58. The number of aryl methyl sites for hydroxylation is 1. The first kappa shape index (κ1) is 19.6. The van der Waals surface area contributed by atoms with Gasteiger partial charge in [0, 0.05) is 22.0 Å². The molecule has 132 valence electrons. The number of ether oxygens (including phenoxy) is 1. The van der Waals surface area contributed by atoms with E-state index in [0.29, 0.717) is 40.1 Å². The van der Waals surface area contributed by atoms with Gasteiger partial charge in [-0.25, -0.2) is 5.43 Å². The molecular formula is C18H17Cl3N2O2. The zero-order valence-corrected chi connectivity index (χ0v) is 15.8. The Kier molecular flexibility index (Phi) is 7.56. The molecule has 0 saturated heterocycles. The van der Waals surface area contributed by atoms with E-state index in [-0.39, 0.29) is 5.91 Å². The standard InChI is InChI=1S/C18H17Cl3N2O2/c1-12-9-14(19)6-7-17(12)25-8-2-3-18(24)23-22-11-13-4-5-15(20)10-16(13)21/h4-7,9-11H,2-3,8H2,1H3,(H,23,24)/b22-11+. The van der Waals surface area contributed by atoms with Crippen LogP contribution in [0.2, 0.25) is 15.1 Å². The smallest absolute Gasteiger partial charge is 0.240 e. The van der Waals surface area contributed by atoms with Gasteiger partial charge in [0.15, 0.2) is 0 Å². The van der Waals surface area contributed by atoms with E-state index in [1.165, 1.54) is 6.21 Å². The third-order valence-corrected chi connectivity index (χ3v) is 4.10. The summed E-state index contributed by atoms with van der Waals surface area (Å²) >= 11 is 17.7. The lowest BCUT2D eigenvalue weighted by Crippen LogP contribution is -2.18. The number of nitrogens with one attached hydrogen (secondary N) is 1. The zero-order chi connectivity index (χ0) is 18.2. The molecule has 0 saturated carbocycles. The summed E-state index contributed by atoms with van der Waals surface area (Å²) in [7, 11) is 0. The molecule has 0 aliphatic rings. The zero-order valence-electron chi connectivity index (χ0n) is 13.6. The molecule has 0 spiro atoms. The van der Waals surface area contributed by atoms with Crippen LogP contribution in [0.3, 0.4) is 0 Å². The summed E-state index contributed by atoms with van der Waals surface area (Å²) in [5.74, 6) is 0.568. The first-order valence-corrected chi connectivity index (χ1v) is 8.75. The molecule has 25 heavy (non-hydrogen) atoms. The fourth-order valence-corrected chi connectivity index (χ4v) is 2.71. The van der Waals surface area contributed by atoms with Crippen LogP contribution in [0.5, 0.6) is 5.75 Å². The lowest BCUT2D eigenvalue weighted by molar-refractivity contribution is -0.121. The number of carbonyl (C=O) groups excluding carboxylic acids is 1. The van der Waals surface area contributed by atoms with Crippen molar-refractivity contribution in [1.82, 2.24) is 5.43 Å². The van der Waals surface area contributed by atoms with Gasteiger partial charge in [0.05, 0.1) is 17.8 Å². The lowest BCUT2D eigenvalue weighted by atomic mass is 10.2. The Morgan fingerprint density at radius 3 is 2.60 bits per heavy atom. The molecule has 0 radical (unpaired) electrons. The summed E-state index contributed by atoms with van der Waals surface area (Å²) in [4.78, 5) is 11.7. The quantitative estimate of drug-likeness (QED) is 0.392. The normalized spacial score (nSPS) is 10.9. The van der Waals surface area contributed by atoms with Crippen molar-refractivity contribution < 1.29 is 9.53 Å². The van der Waals surface area contributed by atoms with Crippen molar-refractivity contribution in [2.24, 2.45) is 5.10 Å². The molecule has 2 aromatic carbocycles. The van der Waals surface area contributed by atoms with Crippen LogP contribution in [0.25, 0.3) is 0 Å². The molecule has 1 N–H and O–H groups in total. The maximum Gasteiger partial charge on any atom is 0.240 e. The highest BCUT2D eigenvalue weighted by Crippen LogP contribution is 2.22. The number of halogens is 3. The number of nitrogens with zero attached hydrogens (tertiary/aromatic N) is 1. The topological polar surface area (TPSA) is 50.7 Å². The second-order valence-corrected chi connectivity index (χ2v) is 6.60. The van der Waals surface area contributed by atoms with Gasteiger partial charge >= 0.3 is 0 Å². The number of hydrogen-bond donors (Lipinski definition) is 1. The minimum atomic E-state index is -0.197. The Labute approximate surface area is 161 Å². The maximum absolute atomic E-state index is 11.7.